The number of nitrogens with zero attached hydrogens (tertiary/aromatic N) is 3. The summed E-state index contributed by atoms with van der Waals surface area (Å²) in [4.78, 5) is 4.64. The summed E-state index contributed by atoms with van der Waals surface area (Å²) < 4.78 is 7.50. The summed E-state index contributed by atoms with van der Waals surface area (Å²) in [5.74, 6) is 0.869. The van der Waals surface area contributed by atoms with Crippen molar-refractivity contribution in [1.82, 2.24) is 20.4 Å². The molecular formula is C18H36IN5O. The van der Waals surface area contributed by atoms with Crippen molar-refractivity contribution in [3.63, 3.8) is 0 Å². The summed E-state index contributed by atoms with van der Waals surface area (Å²) in [6.07, 6.45) is 2.16. The van der Waals surface area contributed by atoms with Gasteiger partial charge in [0.05, 0.1) is 11.8 Å². The molecule has 0 aliphatic heterocycles. The minimum absolute atomic E-state index is 0. The highest BCUT2D eigenvalue weighted by Gasteiger charge is 2.13. The number of aromatic nitrogens is 2. The molecule has 146 valence electrons. The minimum Gasteiger partial charge on any atom is -0.379 e. The van der Waals surface area contributed by atoms with E-state index in [0.717, 1.165) is 44.2 Å². The zero-order valence-electron chi connectivity index (χ0n) is 16.8. The summed E-state index contributed by atoms with van der Waals surface area (Å²) in [7, 11) is 1.99. The minimum atomic E-state index is 0. The molecule has 0 aromatic carbocycles. The van der Waals surface area contributed by atoms with E-state index in [0.29, 0.717) is 0 Å². The monoisotopic (exact) mass is 465 g/mol. The van der Waals surface area contributed by atoms with Crippen molar-refractivity contribution in [2.45, 2.75) is 66.5 Å². The first-order valence-electron chi connectivity index (χ1n) is 9.00. The third kappa shape index (κ3) is 8.89. The van der Waals surface area contributed by atoms with E-state index in [1.54, 1.807) is 0 Å². The molecule has 0 saturated carbocycles. The van der Waals surface area contributed by atoms with E-state index in [1.807, 2.05) is 11.7 Å². The lowest BCUT2D eigenvalue weighted by molar-refractivity contribution is 0.0782. The second-order valence-corrected chi connectivity index (χ2v) is 6.56. The molecule has 1 heterocycles. The molecule has 1 atom stereocenters. The normalized spacial score (nSPS) is 12.9. The van der Waals surface area contributed by atoms with Crippen molar-refractivity contribution < 1.29 is 4.74 Å². The number of nitrogens with one attached hydrogen (secondary N) is 2. The van der Waals surface area contributed by atoms with Gasteiger partial charge in [-0.15, -0.1) is 24.0 Å². The van der Waals surface area contributed by atoms with Gasteiger partial charge in [0.15, 0.2) is 5.96 Å². The van der Waals surface area contributed by atoms with E-state index in [9.17, 15) is 0 Å². The molecule has 2 N–H and O–H groups in total. The van der Waals surface area contributed by atoms with Crippen LogP contribution in [-0.2, 0) is 18.2 Å². The van der Waals surface area contributed by atoms with Gasteiger partial charge >= 0.3 is 0 Å². The van der Waals surface area contributed by atoms with Crippen LogP contribution in [0.4, 0.5) is 0 Å². The first-order chi connectivity index (χ1) is 11.3. The summed E-state index contributed by atoms with van der Waals surface area (Å²) in [6.45, 7) is 14.9. The third-order valence-corrected chi connectivity index (χ3v) is 3.92. The van der Waals surface area contributed by atoms with Crippen LogP contribution < -0.4 is 10.6 Å². The summed E-state index contributed by atoms with van der Waals surface area (Å²) in [5, 5.41) is 11.3. The molecule has 0 aliphatic carbocycles. The van der Waals surface area contributed by atoms with Gasteiger partial charge in [-0.05, 0) is 59.9 Å². The van der Waals surface area contributed by atoms with Crippen molar-refractivity contribution in [1.29, 1.82) is 0 Å². The van der Waals surface area contributed by atoms with Gasteiger partial charge in [0.25, 0.3) is 0 Å². The van der Waals surface area contributed by atoms with Gasteiger partial charge in [-0.25, -0.2) is 0 Å². The van der Waals surface area contributed by atoms with Crippen molar-refractivity contribution in [2.75, 3.05) is 19.7 Å². The van der Waals surface area contributed by atoms with E-state index in [4.69, 9.17) is 4.74 Å². The quantitative estimate of drug-likeness (QED) is 0.255. The highest BCUT2D eigenvalue weighted by molar-refractivity contribution is 14.0. The van der Waals surface area contributed by atoms with Crippen LogP contribution in [0.2, 0.25) is 0 Å². The van der Waals surface area contributed by atoms with Crippen LogP contribution in [0.15, 0.2) is 4.99 Å². The van der Waals surface area contributed by atoms with Crippen molar-refractivity contribution in [3.8, 4) is 0 Å². The highest BCUT2D eigenvalue weighted by Crippen LogP contribution is 2.14. The largest absolute Gasteiger partial charge is 0.379 e. The fourth-order valence-corrected chi connectivity index (χ4v) is 2.60. The van der Waals surface area contributed by atoms with Crippen molar-refractivity contribution in [2.24, 2.45) is 12.0 Å². The predicted octanol–water partition coefficient (Wildman–Crippen LogP) is 2.96. The summed E-state index contributed by atoms with van der Waals surface area (Å²) >= 11 is 0. The van der Waals surface area contributed by atoms with Gasteiger partial charge in [0, 0.05) is 38.5 Å². The van der Waals surface area contributed by atoms with Gasteiger partial charge < -0.3 is 15.4 Å². The molecule has 0 radical (unpaired) electrons. The Bertz CT molecular complexity index is 528. The number of ether oxygens (including phenoxy) is 1. The fourth-order valence-electron chi connectivity index (χ4n) is 2.60. The zero-order valence-corrected chi connectivity index (χ0v) is 19.2. The van der Waals surface area contributed by atoms with Crippen LogP contribution in [0, 0.1) is 13.8 Å². The molecule has 7 heteroatoms. The maximum absolute atomic E-state index is 5.55. The highest BCUT2D eigenvalue weighted by atomic mass is 127. The molecule has 1 aromatic rings. The summed E-state index contributed by atoms with van der Waals surface area (Å²) in [6, 6.07) is 0.288. The molecule has 25 heavy (non-hydrogen) atoms. The predicted molar refractivity (Wildman–Crippen MR) is 116 cm³/mol. The maximum Gasteiger partial charge on any atom is 0.191 e. The summed E-state index contributed by atoms with van der Waals surface area (Å²) in [5.41, 5.74) is 3.66. The Kier molecular flexibility index (Phi) is 12.1. The molecule has 0 saturated heterocycles. The van der Waals surface area contributed by atoms with E-state index >= 15 is 0 Å². The Morgan fingerprint density at radius 2 is 1.96 bits per heavy atom. The average Bonchev–Trinajstić information content (AvgIpc) is 2.73. The average molecular weight is 465 g/mol. The molecule has 1 aromatic heterocycles. The smallest absolute Gasteiger partial charge is 0.191 e. The Balaban J connectivity index is 0.00000576. The topological polar surface area (TPSA) is 63.5 Å². The maximum atomic E-state index is 5.55. The molecule has 0 fully saturated rings. The number of halogens is 1. The van der Waals surface area contributed by atoms with E-state index in [2.05, 4.69) is 62.3 Å². The Labute approximate surface area is 170 Å². The van der Waals surface area contributed by atoms with Crippen LogP contribution in [-0.4, -0.2) is 47.6 Å². The Morgan fingerprint density at radius 1 is 1.28 bits per heavy atom. The molecule has 0 amide bonds. The van der Waals surface area contributed by atoms with E-state index < -0.39 is 0 Å². The second kappa shape index (κ2) is 12.5. The number of aryl methyl sites for hydroxylation is 2. The first kappa shape index (κ1) is 24.2. The lowest BCUT2D eigenvalue weighted by Crippen LogP contribution is -2.43. The lowest BCUT2D eigenvalue weighted by Gasteiger charge is -2.18. The molecule has 0 bridgehead atoms. The van der Waals surface area contributed by atoms with E-state index in [-0.39, 0.29) is 36.1 Å². The number of hydrogen-bond donors (Lipinski definition) is 2. The lowest BCUT2D eigenvalue weighted by atomic mass is 10.1. The van der Waals surface area contributed by atoms with E-state index in [1.165, 1.54) is 11.3 Å². The Morgan fingerprint density at radius 3 is 2.48 bits per heavy atom. The van der Waals surface area contributed by atoms with Gasteiger partial charge in [-0.2, -0.15) is 5.10 Å². The number of aliphatic imine (C=N–C) groups is 1. The number of guanidine groups is 1. The molecule has 0 spiro atoms. The number of rotatable bonds is 9. The van der Waals surface area contributed by atoms with Crippen LogP contribution in [0.3, 0.4) is 0 Å². The van der Waals surface area contributed by atoms with Gasteiger partial charge in [-0.3, -0.25) is 9.67 Å². The third-order valence-electron chi connectivity index (χ3n) is 3.92. The van der Waals surface area contributed by atoms with Crippen molar-refractivity contribution in [3.05, 3.63) is 17.0 Å². The van der Waals surface area contributed by atoms with Crippen LogP contribution >= 0.6 is 24.0 Å². The van der Waals surface area contributed by atoms with Gasteiger partial charge in [0.1, 0.15) is 0 Å². The fraction of sp³-hybridized carbons (Fsp3) is 0.778. The first-order valence-corrected chi connectivity index (χ1v) is 9.00. The molecule has 1 rings (SSSR count). The van der Waals surface area contributed by atoms with Crippen LogP contribution in [0.5, 0.6) is 0 Å². The van der Waals surface area contributed by atoms with Gasteiger partial charge in [0.2, 0.25) is 0 Å². The van der Waals surface area contributed by atoms with Crippen LogP contribution in [0.1, 0.15) is 51.1 Å². The van der Waals surface area contributed by atoms with Crippen molar-refractivity contribution >= 4 is 29.9 Å². The molecule has 1 unspecified atom stereocenters. The molecule has 0 aliphatic rings. The Hall–Kier alpha value is -0.830. The molecule has 6 nitrogen and oxygen atoms in total. The van der Waals surface area contributed by atoms with Crippen LogP contribution in [0.25, 0.3) is 0 Å². The standard InChI is InChI=1S/C18H35N5O.HI/c1-8-19-18(20-10-9-11-24-13(2)3)21-14(4)12-17-15(5)22-23(7)16(17)6;/h13-14H,8-12H2,1-7H3,(H2,19,20,21);1H. The molecular weight excluding hydrogens is 429 g/mol. The zero-order chi connectivity index (χ0) is 18.1. The number of hydrogen-bond acceptors (Lipinski definition) is 3. The van der Waals surface area contributed by atoms with Gasteiger partial charge in [-0.1, -0.05) is 0 Å². The second-order valence-electron chi connectivity index (χ2n) is 6.56. The SMILES string of the molecule is CCNC(=NCCCOC(C)C)NC(C)Cc1c(C)nn(C)c1C.I.